The lowest BCUT2D eigenvalue weighted by molar-refractivity contribution is -0.129. The van der Waals surface area contributed by atoms with E-state index in [-0.39, 0.29) is 24.4 Å². The lowest BCUT2D eigenvalue weighted by Crippen LogP contribution is -2.38. The molecule has 8 heteroatoms. The van der Waals surface area contributed by atoms with Gasteiger partial charge in [0.1, 0.15) is 0 Å². The number of carboxylic acids is 1. The van der Waals surface area contributed by atoms with E-state index in [9.17, 15) is 18.0 Å². The van der Waals surface area contributed by atoms with Gasteiger partial charge in [-0.1, -0.05) is 25.1 Å². The van der Waals surface area contributed by atoms with Crippen molar-refractivity contribution in [2.45, 2.75) is 25.0 Å². The Morgan fingerprint density at radius 3 is 2.70 bits per heavy atom. The number of nitrogens with zero attached hydrogens (tertiary/aromatic N) is 1. The smallest absolute Gasteiger partial charge is 0.335 e. The monoisotopic (exact) mass is 340 g/mol. The van der Waals surface area contributed by atoms with Crippen LogP contribution in [0.25, 0.3) is 0 Å². The molecule has 126 valence electrons. The van der Waals surface area contributed by atoms with Gasteiger partial charge >= 0.3 is 5.97 Å². The van der Waals surface area contributed by atoms with Crippen molar-refractivity contribution in [1.82, 2.24) is 9.62 Å². The number of aromatic carboxylic acids is 1. The molecule has 0 bridgehead atoms. The molecule has 0 spiro atoms. The lowest BCUT2D eigenvalue weighted by atomic mass is 10.0. The van der Waals surface area contributed by atoms with Crippen molar-refractivity contribution in [2.24, 2.45) is 0 Å². The zero-order chi connectivity index (χ0) is 17.0. The van der Waals surface area contributed by atoms with E-state index in [4.69, 9.17) is 5.11 Å². The molecule has 1 amide bonds. The first-order valence-corrected chi connectivity index (χ1v) is 8.97. The third kappa shape index (κ3) is 4.08. The van der Waals surface area contributed by atoms with Crippen LogP contribution in [0.1, 0.15) is 29.3 Å². The summed E-state index contributed by atoms with van der Waals surface area (Å²) in [6, 6.07) is 6.33. The SMILES string of the molecule is CCNS(=O)(=O)C1CCN(C(=O)Cc2ccccc2C(=O)O)C1. The maximum Gasteiger partial charge on any atom is 0.335 e. The number of hydrogen-bond acceptors (Lipinski definition) is 4. The summed E-state index contributed by atoms with van der Waals surface area (Å²) in [5.74, 6) is -1.34. The van der Waals surface area contributed by atoms with E-state index >= 15 is 0 Å². The zero-order valence-corrected chi connectivity index (χ0v) is 13.7. The number of carbonyl (C=O) groups is 2. The Labute approximate surface area is 135 Å². The normalized spacial score (nSPS) is 18.1. The minimum Gasteiger partial charge on any atom is -0.478 e. The standard InChI is InChI=1S/C15H20N2O5S/c1-2-16-23(21,22)12-7-8-17(10-12)14(18)9-11-5-3-4-6-13(11)15(19)20/h3-6,12,16H,2,7-10H2,1H3,(H,19,20). The van der Waals surface area contributed by atoms with Crippen LogP contribution in [0.3, 0.4) is 0 Å². The molecule has 1 saturated heterocycles. The highest BCUT2D eigenvalue weighted by atomic mass is 32.2. The minimum atomic E-state index is -3.41. The van der Waals surface area contributed by atoms with Crippen LogP contribution in [0, 0.1) is 0 Å². The minimum absolute atomic E-state index is 0.0452. The highest BCUT2D eigenvalue weighted by molar-refractivity contribution is 7.90. The number of benzene rings is 1. The van der Waals surface area contributed by atoms with Gasteiger partial charge in [-0.2, -0.15) is 0 Å². The second-order valence-electron chi connectivity index (χ2n) is 5.43. The third-order valence-electron chi connectivity index (χ3n) is 3.87. The average molecular weight is 340 g/mol. The quantitative estimate of drug-likeness (QED) is 0.783. The van der Waals surface area contributed by atoms with E-state index < -0.39 is 21.2 Å². The Bertz CT molecular complexity index is 702. The summed E-state index contributed by atoms with van der Waals surface area (Å²) < 4.78 is 26.4. The maximum atomic E-state index is 12.3. The van der Waals surface area contributed by atoms with Crippen LogP contribution in [-0.2, 0) is 21.2 Å². The maximum absolute atomic E-state index is 12.3. The molecule has 2 rings (SSSR count). The number of carboxylic acid groups (broad SMARTS) is 1. The van der Waals surface area contributed by atoms with Gasteiger partial charge in [-0.25, -0.2) is 17.9 Å². The summed E-state index contributed by atoms with van der Waals surface area (Å²) in [4.78, 5) is 25.0. The summed E-state index contributed by atoms with van der Waals surface area (Å²) in [6.45, 7) is 2.53. The number of nitrogens with one attached hydrogen (secondary N) is 1. The van der Waals surface area contributed by atoms with Gasteiger partial charge in [0.05, 0.1) is 17.2 Å². The van der Waals surface area contributed by atoms with Crippen LogP contribution < -0.4 is 4.72 Å². The van der Waals surface area contributed by atoms with Gasteiger partial charge in [-0.15, -0.1) is 0 Å². The van der Waals surface area contributed by atoms with Crippen LogP contribution in [-0.4, -0.2) is 55.2 Å². The molecule has 1 aliphatic heterocycles. The Balaban J connectivity index is 2.05. The zero-order valence-electron chi connectivity index (χ0n) is 12.9. The fraction of sp³-hybridized carbons (Fsp3) is 0.467. The Morgan fingerprint density at radius 2 is 2.04 bits per heavy atom. The van der Waals surface area contributed by atoms with Gasteiger partial charge in [0, 0.05) is 19.6 Å². The third-order valence-corrected chi connectivity index (χ3v) is 5.83. The van der Waals surface area contributed by atoms with Crippen LogP contribution >= 0.6 is 0 Å². The van der Waals surface area contributed by atoms with Gasteiger partial charge in [-0.05, 0) is 18.1 Å². The molecule has 23 heavy (non-hydrogen) atoms. The van der Waals surface area contributed by atoms with Crippen molar-refractivity contribution >= 4 is 21.9 Å². The number of rotatable bonds is 6. The predicted molar refractivity (Wildman–Crippen MR) is 84.7 cm³/mol. The van der Waals surface area contributed by atoms with Crippen LogP contribution in [0.2, 0.25) is 0 Å². The van der Waals surface area contributed by atoms with E-state index in [0.717, 1.165) is 0 Å². The highest BCUT2D eigenvalue weighted by Gasteiger charge is 2.34. The van der Waals surface area contributed by atoms with Crippen molar-refractivity contribution in [3.63, 3.8) is 0 Å². The van der Waals surface area contributed by atoms with Crippen molar-refractivity contribution < 1.29 is 23.1 Å². The molecule has 1 aromatic carbocycles. The summed E-state index contributed by atoms with van der Waals surface area (Å²) in [5.41, 5.74) is 0.528. The van der Waals surface area contributed by atoms with Gasteiger partial charge < -0.3 is 10.0 Å². The topological polar surface area (TPSA) is 104 Å². The average Bonchev–Trinajstić information content (AvgIpc) is 2.98. The molecule has 7 nitrogen and oxygen atoms in total. The van der Waals surface area contributed by atoms with Gasteiger partial charge in [0.25, 0.3) is 0 Å². The fourth-order valence-electron chi connectivity index (χ4n) is 2.68. The van der Waals surface area contributed by atoms with Crippen molar-refractivity contribution in [2.75, 3.05) is 19.6 Å². The molecule has 0 aromatic heterocycles. The predicted octanol–water partition coefficient (Wildman–Crippen LogP) is 0.468. The van der Waals surface area contributed by atoms with E-state index in [1.165, 1.54) is 11.0 Å². The summed E-state index contributed by atoms with van der Waals surface area (Å²) >= 11 is 0. The first kappa shape index (κ1) is 17.4. The van der Waals surface area contributed by atoms with Gasteiger partial charge in [0.2, 0.25) is 15.9 Å². The molecule has 1 aromatic rings. The number of likely N-dealkylation sites (tertiary alicyclic amines) is 1. The molecule has 0 aliphatic carbocycles. The van der Waals surface area contributed by atoms with Crippen LogP contribution in [0.5, 0.6) is 0 Å². The van der Waals surface area contributed by atoms with Crippen LogP contribution in [0.15, 0.2) is 24.3 Å². The van der Waals surface area contributed by atoms with Gasteiger partial charge in [-0.3, -0.25) is 4.79 Å². The number of amides is 1. The number of carbonyl (C=O) groups excluding carboxylic acids is 1. The molecular formula is C15H20N2O5S. The van der Waals surface area contributed by atoms with Crippen molar-refractivity contribution in [1.29, 1.82) is 0 Å². The molecule has 1 aliphatic rings. The summed E-state index contributed by atoms with van der Waals surface area (Å²) in [6.07, 6.45) is 0.345. The van der Waals surface area contributed by atoms with E-state index in [2.05, 4.69) is 4.72 Å². The van der Waals surface area contributed by atoms with E-state index in [0.29, 0.717) is 25.1 Å². The molecule has 1 fully saturated rings. The first-order chi connectivity index (χ1) is 10.8. The van der Waals surface area contributed by atoms with Gasteiger partial charge in [0.15, 0.2) is 0 Å². The largest absolute Gasteiger partial charge is 0.478 e. The Kier molecular flexibility index (Phi) is 5.38. The molecule has 0 saturated carbocycles. The second-order valence-corrected chi connectivity index (χ2v) is 7.48. The lowest BCUT2D eigenvalue weighted by Gasteiger charge is -2.17. The molecule has 2 N–H and O–H groups in total. The highest BCUT2D eigenvalue weighted by Crippen LogP contribution is 2.18. The fourth-order valence-corrected chi connectivity index (χ4v) is 4.11. The van der Waals surface area contributed by atoms with Crippen molar-refractivity contribution in [3.8, 4) is 0 Å². The number of hydrogen-bond donors (Lipinski definition) is 2. The summed E-state index contributed by atoms with van der Waals surface area (Å²) in [7, 11) is -3.41. The Hall–Kier alpha value is -1.93. The Morgan fingerprint density at radius 1 is 1.35 bits per heavy atom. The molecule has 0 radical (unpaired) electrons. The van der Waals surface area contributed by atoms with Crippen molar-refractivity contribution in [3.05, 3.63) is 35.4 Å². The van der Waals surface area contributed by atoms with Crippen LogP contribution in [0.4, 0.5) is 0 Å². The van der Waals surface area contributed by atoms with E-state index in [1.54, 1.807) is 25.1 Å². The molecule has 1 unspecified atom stereocenters. The number of sulfonamides is 1. The first-order valence-electron chi connectivity index (χ1n) is 7.42. The van der Waals surface area contributed by atoms with E-state index in [1.807, 2.05) is 0 Å². The molecule has 1 heterocycles. The molecular weight excluding hydrogens is 320 g/mol. The second kappa shape index (κ2) is 7.10. The summed E-state index contributed by atoms with van der Waals surface area (Å²) in [5, 5.41) is 8.53. The molecule has 1 atom stereocenters.